The van der Waals surface area contributed by atoms with Gasteiger partial charge < -0.3 is 14.4 Å². The number of Topliss-reactive ketones (excluding diaryl/α,β-unsaturated/α-hetero) is 1. The smallest absolute Gasteiger partial charge is 0.416 e. The topological polar surface area (TPSA) is 72.0 Å². The number of ether oxygens (including phenoxy) is 2. The van der Waals surface area contributed by atoms with Gasteiger partial charge in [-0.3, -0.25) is 9.69 Å². The molecule has 2 heterocycles. The third-order valence-corrected chi connectivity index (χ3v) is 9.96. The third kappa shape index (κ3) is 9.51. The van der Waals surface area contributed by atoms with E-state index in [1.54, 1.807) is 45.9 Å². The van der Waals surface area contributed by atoms with E-state index in [1.165, 1.54) is 35.6 Å². The van der Waals surface area contributed by atoms with Crippen molar-refractivity contribution >= 4 is 28.8 Å². The number of alkyl halides is 6. The van der Waals surface area contributed by atoms with Crippen LogP contribution >= 0.6 is 11.3 Å². The lowest BCUT2D eigenvalue weighted by atomic mass is 10.0. The minimum Gasteiger partial charge on any atom is -0.476 e. The fourth-order valence-corrected chi connectivity index (χ4v) is 6.87. The first-order valence-corrected chi connectivity index (χ1v) is 17.6. The van der Waals surface area contributed by atoms with Gasteiger partial charge in [0.15, 0.2) is 11.4 Å². The molecular formula is C38H39F6N3O4S. The van der Waals surface area contributed by atoms with E-state index in [9.17, 15) is 35.9 Å². The molecule has 0 saturated carbocycles. The second kappa shape index (κ2) is 15.7. The summed E-state index contributed by atoms with van der Waals surface area (Å²) < 4.78 is 89.8. The van der Waals surface area contributed by atoms with Crippen molar-refractivity contribution in [2.75, 3.05) is 37.7 Å². The van der Waals surface area contributed by atoms with Crippen molar-refractivity contribution in [1.82, 2.24) is 9.88 Å². The fourth-order valence-electron chi connectivity index (χ4n) is 5.79. The van der Waals surface area contributed by atoms with Crippen LogP contribution in [0.25, 0.3) is 10.6 Å². The van der Waals surface area contributed by atoms with E-state index in [-0.39, 0.29) is 18.8 Å². The Labute approximate surface area is 302 Å². The minimum atomic E-state index is -4.47. The van der Waals surface area contributed by atoms with E-state index in [0.717, 1.165) is 34.8 Å². The number of aromatic nitrogens is 1. The van der Waals surface area contributed by atoms with Crippen LogP contribution in [0.3, 0.4) is 0 Å². The predicted molar refractivity (Wildman–Crippen MR) is 187 cm³/mol. The van der Waals surface area contributed by atoms with E-state index in [1.807, 2.05) is 4.90 Å². The summed E-state index contributed by atoms with van der Waals surface area (Å²) in [5, 5.41) is 0.538. The summed E-state index contributed by atoms with van der Waals surface area (Å²) >= 11 is 1.33. The van der Waals surface area contributed by atoms with E-state index in [2.05, 4.69) is 4.90 Å². The third-order valence-electron chi connectivity index (χ3n) is 8.75. The highest BCUT2D eigenvalue weighted by Crippen LogP contribution is 2.35. The summed E-state index contributed by atoms with van der Waals surface area (Å²) in [6.45, 7) is 9.71. The molecule has 1 aliphatic rings. The Morgan fingerprint density at radius 2 is 1.44 bits per heavy atom. The lowest BCUT2D eigenvalue weighted by Crippen LogP contribution is -2.46. The lowest BCUT2D eigenvalue weighted by molar-refractivity contribution is -0.158. The Morgan fingerprint density at radius 3 is 2.00 bits per heavy atom. The zero-order valence-corrected chi connectivity index (χ0v) is 30.0. The van der Waals surface area contributed by atoms with Crippen LogP contribution in [-0.2, 0) is 34.8 Å². The number of carbonyl (C=O) groups excluding carboxylic acids is 2. The van der Waals surface area contributed by atoms with Gasteiger partial charge in [0.1, 0.15) is 10.8 Å². The number of thiazole rings is 1. The zero-order valence-electron chi connectivity index (χ0n) is 29.2. The minimum absolute atomic E-state index is 0.125. The molecule has 0 spiro atoms. The molecule has 14 heteroatoms. The van der Waals surface area contributed by atoms with Crippen molar-refractivity contribution in [1.29, 1.82) is 0 Å². The number of ketones is 1. The number of benzene rings is 3. The molecule has 0 amide bonds. The first-order valence-electron chi connectivity index (χ1n) is 16.8. The van der Waals surface area contributed by atoms with Crippen LogP contribution in [0.15, 0.2) is 66.7 Å². The fraction of sp³-hybridized carbons (Fsp3) is 0.395. The van der Waals surface area contributed by atoms with Crippen molar-refractivity contribution in [3.05, 3.63) is 99.6 Å². The first-order chi connectivity index (χ1) is 24.4. The second-order valence-electron chi connectivity index (χ2n) is 13.0. The van der Waals surface area contributed by atoms with Crippen molar-refractivity contribution in [2.24, 2.45) is 0 Å². The maximum Gasteiger partial charge on any atom is 0.416 e. The van der Waals surface area contributed by atoms with Gasteiger partial charge in [0.25, 0.3) is 0 Å². The zero-order chi connectivity index (χ0) is 37.8. The summed E-state index contributed by atoms with van der Waals surface area (Å²) in [7, 11) is 0. The molecule has 0 N–H and O–H groups in total. The quantitative estimate of drug-likeness (QED) is 0.0814. The molecule has 7 nitrogen and oxygen atoms in total. The Kier molecular flexibility index (Phi) is 11.7. The monoisotopic (exact) mass is 747 g/mol. The molecule has 1 fully saturated rings. The number of esters is 1. The standard InChI is InChI=1S/C38H39F6N3O4S/c1-5-50-35(49)36(3,4)51-32-16-8-26(22-24(32)2)31(48)15-17-33-30(45-34(52-33)25-6-9-27(10-7-25)37(39,40)41)23-46-18-20-47(21-19-46)29-13-11-28(12-14-29)38(42,43)44/h6-14,16,22H,5,15,17-21,23H2,1-4H3. The van der Waals surface area contributed by atoms with Crippen molar-refractivity contribution in [3.63, 3.8) is 0 Å². The molecule has 1 aromatic heterocycles. The number of carbonyl (C=O) groups is 2. The maximum absolute atomic E-state index is 13.4. The van der Waals surface area contributed by atoms with Crippen LogP contribution in [0, 0.1) is 6.92 Å². The van der Waals surface area contributed by atoms with Crippen LogP contribution in [0.4, 0.5) is 32.0 Å². The second-order valence-corrected chi connectivity index (χ2v) is 14.1. The number of nitrogens with zero attached hydrogens (tertiary/aromatic N) is 3. The molecule has 0 radical (unpaired) electrons. The van der Waals surface area contributed by atoms with Gasteiger partial charge in [0, 0.05) is 60.8 Å². The molecule has 1 aliphatic heterocycles. The highest BCUT2D eigenvalue weighted by molar-refractivity contribution is 7.15. The van der Waals surface area contributed by atoms with Gasteiger partial charge in [-0.1, -0.05) is 12.1 Å². The van der Waals surface area contributed by atoms with Crippen LogP contribution in [-0.4, -0.2) is 60.0 Å². The molecule has 3 aromatic carbocycles. The number of rotatable bonds is 12. The lowest BCUT2D eigenvalue weighted by Gasteiger charge is -2.36. The normalized spacial score (nSPS) is 14.4. The molecule has 278 valence electrons. The molecule has 5 rings (SSSR count). The Hall–Kier alpha value is -4.43. The maximum atomic E-state index is 13.4. The number of halogens is 6. The molecule has 0 atom stereocenters. The average Bonchev–Trinajstić information content (AvgIpc) is 3.50. The van der Waals surface area contributed by atoms with Gasteiger partial charge in [0.05, 0.1) is 23.4 Å². The highest BCUT2D eigenvalue weighted by atomic mass is 32.1. The largest absolute Gasteiger partial charge is 0.476 e. The number of anilines is 1. The van der Waals surface area contributed by atoms with Crippen LogP contribution < -0.4 is 9.64 Å². The number of aryl methyl sites for hydroxylation is 2. The molecule has 52 heavy (non-hydrogen) atoms. The number of hydrogen-bond acceptors (Lipinski definition) is 8. The molecule has 1 saturated heterocycles. The number of piperazine rings is 1. The van der Waals surface area contributed by atoms with Crippen molar-refractivity contribution in [2.45, 2.75) is 65.0 Å². The molecule has 0 unspecified atom stereocenters. The van der Waals surface area contributed by atoms with E-state index in [0.29, 0.717) is 72.3 Å². The number of hydrogen-bond donors (Lipinski definition) is 0. The van der Waals surface area contributed by atoms with Crippen molar-refractivity contribution < 1.29 is 45.4 Å². The summed E-state index contributed by atoms with van der Waals surface area (Å²) in [5.74, 6) is -0.189. The van der Waals surface area contributed by atoms with Crippen LogP contribution in [0.2, 0.25) is 0 Å². The average molecular weight is 748 g/mol. The van der Waals surface area contributed by atoms with Crippen molar-refractivity contribution in [3.8, 4) is 16.3 Å². The van der Waals surface area contributed by atoms with Crippen LogP contribution in [0.5, 0.6) is 5.75 Å². The Bertz CT molecular complexity index is 1860. The Balaban J connectivity index is 1.29. The van der Waals surface area contributed by atoms with Gasteiger partial charge in [0.2, 0.25) is 0 Å². The Morgan fingerprint density at radius 1 is 0.846 bits per heavy atom. The predicted octanol–water partition coefficient (Wildman–Crippen LogP) is 9.01. The van der Waals surface area contributed by atoms with E-state index >= 15 is 0 Å². The van der Waals surface area contributed by atoms with E-state index in [4.69, 9.17) is 14.5 Å². The first kappa shape index (κ1) is 38.8. The SMILES string of the molecule is CCOC(=O)C(C)(C)Oc1ccc(C(=O)CCc2sc(-c3ccc(C(F)(F)F)cc3)nc2CN2CCN(c3ccc(C(F)(F)F)cc3)CC2)cc1C. The van der Waals surface area contributed by atoms with Crippen LogP contribution in [0.1, 0.15) is 64.8 Å². The summed E-state index contributed by atoms with van der Waals surface area (Å²) in [4.78, 5) is 35.5. The molecule has 0 bridgehead atoms. The van der Waals surface area contributed by atoms with Gasteiger partial charge in [-0.15, -0.1) is 11.3 Å². The van der Waals surface area contributed by atoms with Gasteiger partial charge in [-0.05, 0) is 94.3 Å². The highest BCUT2D eigenvalue weighted by Gasteiger charge is 2.33. The molecular weight excluding hydrogens is 708 g/mol. The summed E-state index contributed by atoms with van der Waals surface area (Å²) in [6.07, 6.45) is -8.38. The van der Waals surface area contributed by atoms with E-state index < -0.39 is 35.0 Å². The summed E-state index contributed by atoms with van der Waals surface area (Å²) in [5.41, 5.74) is 0.383. The van der Waals surface area contributed by atoms with Gasteiger partial charge >= 0.3 is 18.3 Å². The van der Waals surface area contributed by atoms with Gasteiger partial charge in [-0.25, -0.2) is 9.78 Å². The summed E-state index contributed by atoms with van der Waals surface area (Å²) in [6, 6.07) is 14.9. The molecule has 0 aliphatic carbocycles. The van der Waals surface area contributed by atoms with Gasteiger partial charge in [-0.2, -0.15) is 26.3 Å². The molecule has 4 aromatic rings.